The monoisotopic (exact) mass is 282 g/mol. The van der Waals surface area contributed by atoms with Gasteiger partial charge < -0.3 is 24.4 Å². The van der Waals surface area contributed by atoms with Gasteiger partial charge in [0.05, 0.1) is 27.4 Å². The van der Waals surface area contributed by atoms with Crippen LogP contribution >= 0.6 is 0 Å². The molecule has 0 saturated heterocycles. The standard InChI is InChI=1S/C14H18O6/c1-18-12-5-3-10(7-13(12)19-2)4-6-14(17)20-11(8-15)9-16/h3-7,11,15-16H,8-9H2,1-2H3/b6-4+. The van der Waals surface area contributed by atoms with Crippen LogP contribution < -0.4 is 9.47 Å². The summed E-state index contributed by atoms with van der Waals surface area (Å²) in [5.41, 5.74) is 0.726. The molecule has 6 heteroatoms. The molecular formula is C14H18O6. The van der Waals surface area contributed by atoms with Gasteiger partial charge in [-0.3, -0.25) is 0 Å². The van der Waals surface area contributed by atoms with E-state index in [4.69, 9.17) is 24.4 Å². The molecule has 0 aromatic heterocycles. The van der Waals surface area contributed by atoms with E-state index >= 15 is 0 Å². The molecule has 1 rings (SSSR count). The second-order valence-corrected chi connectivity index (χ2v) is 3.87. The number of hydrogen-bond donors (Lipinski definition) is 2. The molecular weight excluding hydrogens is 264 g/mol. The van der Waals surface area contributed by atoms with Gasteiger partial charge in [0, 0.05) is 6.08 Å². The van der Waals surface area contributed by atoms with E-state index in [0.29, 0.717) is 11.5 Å². The zero-order valence-corrected chi connectivity index (χ0v) is 11.4. The Bertz CT molecular complexity index is 465. The third-order valence-corrected chi connectivity index (χ3v) is 2.51. The van der Waals surface area contributed by atoms with Crippen LogP contribution in [0.3, 0.4) is 0 Å². The van der Waals surface area contributed by atoms with E-state index in [1.807, 2.05) is 0 Å². The van der Waals surface area contributed by atoms with Crippen molar-refractivity contribution in [3.63, 3.8) is 0 Å². The lowest BCUT2D eigenvalue weighted by Gasteiger charge is -2.10. The number of methoxy groups -OCH3 is 2. The third kappa shape index (κ3) is 4.56. The van der Waals surface area contributed by atoms with Crippen LogP contribution in [0.15, 0.2) is 24.3 Å². The lowest BCUT2D eigenvalue weighted by atomic mass is 10.2. The zero-order chi connectivity index (χ0) is 15.0. The molecule has 0 atom stereocenters. The van der Waals surface area contributed by atoms with Crippen LogP contribution in [-0.4, -0.2) is 49.7 Å². The lowest BCUT2D eigenvalue weighted by Crippen LogP contribution is -2.24. The fraction of sp³-hybridized carbons (Fsp3) is 0.357. The Morgan fingerprint density at radius 1 is 1.20 bits per heavy atom. The number of carbonyl (C=O) groups is 1. The van der Waals surface area contributed by atoms with E-state index in [1.54, 1.807) is 18.2 Å². The molecule has 110 valence electrons. The van der Waals surface area contributed by atoms with Crippen molar-refractivity contribution in [1.82, 2.24) is 0 Å². The van der Waals surface area contributed by atoms with Gasteiger partial charge in [-0.1, -0.05) is 6.07 Å². The molecule has 6 nitrogen and oxygen atoms in total. The molecule has 0 aliphatic carbocycles. The molecule has 0 heterocycles. The molecule has 2 N–H and O–H groups in total. The average molecular weight is 282 g/mol. The zero-order valence-electron chi connectivity index (χ0n) is 11.4. The van der Waals surface area contributed by atoms with Crippen molar-refractivity contribution in [2.45, 2.75) is 6.10 Å². The second-order valence-electron chi connectivity index (χ2n) is 3.87. The van der Waals surface area contributed by atoms with Gasteiger partial charge in [0.2, 0.25) is 0 Å². The van der Waals surface area contributed by atoms with Crippen LogP contribution in [0, 0.1) is 0 Å². The Hall–Kier alpha value is -2.05. The first-order chi connectivity index (χ1) is 9.64. The Morgan fingerprint density at radius 3 is 2.40 bits per heavy atom. The highest BCUT2D eigenvalue weighted by Gasteiger charge is 2.09. The van der Waals surface area contributed by atoms with E-state index < -0.39 is 25.3 Å². The summed E-state index contributed by atoms with van der Waals surface area (Å²) in [6.45, 7) is -0.848. The average Bonchev–Trinajstić information content (AvgIpc) is 2.50. The summed E-state index contributed by atoms with van der Waals surface area (Å²) in [6, 6.07) is 5.17. The van der Waals surface area contributed by atoms with Gasteiger partial charge in [-0.25, -0.2) is 4.79 Å². The van der Waals surface area contributed by atoms with Crippen molar-refractivity contribution in [2.24, 2.45) is 0 Å². The summed E-state index contributed by atoms with van der Waals surface area (Å²) >= 11 is 0. The Labute approximate surface area is 117 Å². The fourth-order valence-corrected chi connectivity index (χ4v) is 1.46. The number of benzene rings is 1. The number of esters is 1. The Kier molecular flexibility index (Phi) is 6.55. The number of aliphatic hydroxyl groups excluding tert-OH is 2. The topological polar surface area (TPSA) is 85.2 Å². The second kappa shape index (κ2) is 8.19. The molecule has 0 amide bonds. The summed E-state index contributed by atoms with van der Waals surface area (Å²) < 4.78 is 15.0. The number of hydrogen-bond acceptors (Lipinski definition) is 6. The highest BCUT2D eigenvalue weighted by molar-refractivity contribution is 5.87. The molecule has 1 aromatic carbocycles. The van der Waals surface area contributed by atoms with Crippen molar-refractivity contribution < 1.29 is 29.2 Å². The smallest absolute Gasteiger partial charge is 0.331 e. The molecule has 0 bridgehead atoms. The van der Waals surface area contributed by atoms with Crippen LogP contribution in [0.4, 0.5) is 0 Å². The van der Waals surface area contributed by atoms with Crippen LogP contribution in [-0.2, 0) is 9.53 Å². The first kappa shape index (κ1) is 16.0. The quantitative estimate of drug-likeness (QED) is 0.563. The Morgan fingerprint density at radius 2 is 1.85 bits per heavy atom. The minimum absolute atomic E-state index is 0.424. The lowest BCUT2D eigenvalue weighted by molar-refractivity contribution is -0.147. The van der Waals surface area contributed by atoms with E-state index in [1.165, 1.54) is 26.4 Å². The van der Waals surface area contributed by atoms with Crippen molar-refractivity contribution in [3.05, 3.63) is 29.8 Å². The highest BCUT2D eigenvalue weighted by atomic mass is 16.6. The van der Waals surface area contributed by atoms with Gasteiger partial charge in [-0.05, 0) is 23.8 Å². The molecule has 20 heavy (non-hydrogen) atoms. The highest BCUT2D eigenvalue weighted by Crippen LogP contribution is 2.27. The molecule has 0 saturated carbocycles. The molecule has 1 aromatic rings. The SMILES string of the molecule is COc1ccc(/C=C/C(=O)OC(CO)CO)cc1OC. The van der Waals surface area contributed by atoms with Crippen molar-refractivity contribution in [3.8, 4) is 11.5 Å². The minimum Gasteiger partial charge on any atom is -0.493 e. The first-order valence-electron chi connectivity index (χ1n) is 5.97. The van der Waals surface area contributed by atoms with E-state index in [2.05, 4.69) is 0 Å². The largest absolute Gasteiger partial charge is 0.493 e. The molecule has 0 aliphatic rings. The van der Waals surface area contributed by atoms with Crippen LogP contribution in [0.5, 0.6) is 11.5 Å². The van der Waals surface area contributed by atoms with Crippen molar-refractivity contribution in [1.29, 1.82) is 0 Å². The number of rotatable bonds is 7. The summed E-state index contributed by atoms with van der Waals surface area (Å²) in [7, 11) is 3.06. The first-order valence-corrected chi connectivity index (χ1v) is 5.97. The summed E-state index contributed by atoms with van der Waals surface area (Å²) in [5.74, 6) is 0.493. The maximum atomic E-state index is 11.4. The maximum Gasteiger partial charge on any atom is 0.331 e. The van der Waals surface area contributed by atoms with Gasteiger partial charge in [-0.2, -0.15) is 0 Å². The van der Waals surface area contributed by atoms with Gasteiger partial charge in [0.15, 0.2) is 11.5 Å². The summed E-state index contributed by atoms with van der Waals surface area (Å²) in [5, 5.41) is 17.6. The molecule has 0 fully saturated rings. The number of aliphatic hydroxyl groups is 2. The normalized spacial score (nSPS) is 10.8. The summed E-state index contributed by atoms with van der Waals surface area (Å²) in [6.07, 6.45) is 1.84. The Balaban J connectivity index is 2.72. The van der Waals surface area contributed by atoms with Gasteiger partial charge >= 0.3 is 5.97 Å². The summed E-state index contributed by atoms with van der Waals surface area (Å²) in [4.78, 5) is 11.4. The number of ether oxygens (including phenoxy) is 3. The van der Waals surface area contributed by atoms with Crippen LogP contribution in [0.1, 0.15) is 5.56 Å². The number of carbonyl (C=O) groups excluding carboxylic acids is 1. The minimum atomic E-state index is -0.905. The van der Waals surface area contributed by atoms with E-state index in [9.17, 15) is 4.79 Å². The van der Waals surface area contributed by atoms with Crippen LogP contribution in [0.2, 0.25) is 0 Å². The molecule has 0 radical (unpaired) electrons. The molecule has 0 aliphatic heterocycles. The fourth-order valence-electron chi connectivity index (χ4n) is 1.46. The van der Waals surface area contributed by atoms with Crippen molar-refractivity contribution in [2.75, 3.05) is 27.4 Å². The molecule has 0 spiro atoms. The van der Waals surface area contributed by atoms with E-state index in [-0.39, 0.29) is 0 Å². The van der Waals surface area contributed by atoms with Crippen molar-refractivity contribution >= 4 is 12.0 Å². The predicted molar refractivity (Wildman–Crippen MR) is 72.6 cm³/mol. The predicted octanol–water partition coefficient (Wildman–Crippen LogP) is 0.613. The third-order valence-electron chi connectivity index (χ3n) is 2.51. The molecule has 0 unspecified atom stereocenters. The van der Waals surface area contributed by atoms with Gasteiger partial charge in [0.25, 0.3) is 0 Å². The van der Waals surface area contributed by atoms with E-state index in [0.717, 1.165) is 5.56 Å². The van der Waals surface area contributed by atoms with Crippen LogP contribution in [0.25, 0.3) is 6.08 Å². The maximum absolute atomic E-state index is 11.4. The van der Waals surface area contributed by atoms with Gasteiger partial charge in [-0.15, -0.1) is 0 Å². The van der Waals surface area contributed by atoms with Gasteiger partial charge in [0.1, 0.15) is 6.10 Å².